The Balaban J connectivity index is 1.70. The molecule has 3 aromatic rings. The number of nitrogens with two attached hydrogens (primary N) is 1. The zero-order valence-corrected chi connectivity index (χ0v) is 11.5. The lowest BCUT2D eigenvalue weighted by Crippen LogP contribution is -2.31. The molecule has 1 aliphatic heterocycles. The number of pyridine rings is 1. The van der Waals surface area contributed by atoms with Gasteiger partial charge in [-0.3, -0.25) is 4.98 Å². The van der Waals surface area contributed by atoms with Crippen LogP contribution in [0.3, 0.4) is 0 Å². The first-order valence-corrected chi connectivity index (χ1v) is 6.99. The van der Waals surface area contributed by atoms with Crippen molar-refractivity contribution in [3.8, 4) is 0 Å². The predicted molar refractivity (Wildman–Crippen MR) is 82.9 cm³/mol. The van der Waals surface area contributed by atoms with E-state index in [9.17, 15) is 0 Å². The van der Waals surface area contributed by atoms with Crippen LogP contribution in [0.5, 0.6) is 0 Å². The van der Waals surface area contributed by atoms with Gasteiger partial charge >= 0.3 is 0 Å². The molecule has 0 unspecified atom stereocenters. The Morgan fingerprint density at radius 2 is 1.90 bits per heavy atom. The second-order valence-corrected chi connectivity index (χ2v) is 5.27. The molecular weight excluding hydrogens is 262 g/mol. The van der Waals surface area contributed by atoms with Gasteiger partial charge in [0.25, 0.3) is 0 Å². The first kappa shape index (κ1) is 12.1. The van der Waals surface area contributed by atoms with E-state index in [1.165, 1.54) is 11.1 Å². The van der Waals surface area contributed by atoms with Crippen LogP contribution in [0.4, 0.5) is 11.5 Å². The fourth-order valence-corrected chi connectivity index (χ4v) is 2.79. The Labute approximate surface area is 122 Å². The van der Waals surface area contributed by atoms with Crippen molar-refractivity contribution in [1.82, 2.24) is 15.0 Å². The van der Waals surface area contributed by atoms with E-state index >= 15 is 0 Å². The van der Waals surface area contributed by atoms with Crippen molar-refractivity contribution in [2.24, 2.45) is 0 Å². The molecule has 0 bridgehead atoms. The number of nitrogens with zero attached hydrogens (tertiary/aromatic N) is 4. The van der Waals surface area contributed by atoms with Gasteiger partial charge in [-0.1, -0.05) is 6.07 Å². The number of anilines is 2. The minimum atomic E-state index is 0.688. The molecule has 4 rings (SSSR count). The molecule has 2 N–H and O–H groups in total. The normalized spacial score (nSPS) is 14.2. The van der Waals surface area contributed by atoms with E-state index in [0.29, 0.717) is 5.65 Å². The summed E-state index contributed by atoms with van der Waals surface area (Å²) in [5.74, 6) is 0.941. The Hall–Kier alpha value is -2.69. The Kier molecular flexibility index (Phi) is 2.70. The zero-order valence-electron chi connectivity index (χ0n) is 11.5. The van der Waals surface area contributed by atoms with E-state index in [2.05, 4.69) is 32.0 Å². The van der Waals surface area contributed by atoms with E-state index in [-0.39, 0.29) is 0 Å². The summed E-state index contributed by atoms with van der Waals surface area (Å²) in [6, 6.07) is 10.1. The maximum atomic E-state index is 5.89. The molecule has 0 radical (unpaired) electrons. The number of hydrogen-bond acceptors (Lipinski definition) is 5. The Bertz CT molecular complexity index is 815. The van der Waals surface area contributed by atoms with Gasteiger partial charge in [0.05, 0.1) is 0 Å². The van der Waals surface area contributed by atoms with Crippen LogP contribution in [-0.2, 0) is 13.0 Å². The van der Waals surface area contributed by atoms with Gasteiger partial charge in [-0.25, -0.2) is 9.97 Å². The van der Waals surface area contributed by atoms with E-state index in [1.54, 1.807) is 12.4 Å². The molecule has 5 nitrogen and oxygen atoms in total. The third-order valence-corrected chi connectivity index (χ3v) is 3.88. The van der Waals surface area contributed by atoms with E-state index < -0.39 is 0 Å². The van der Waals surface area contributed by atoms with Crippen molar-refractivity contribution in [3.05, 3.63) is 53.9 Å². The molecule has 1 aromatic carbocycles. The number of benzene rings is 1. The first-order chi connectivity index (χ1) is 10.3. The quantitative estimate of drug-likeness (QED) is 0.690. The maximum Gasteiger partial charge on any atom is 0.180 e. The highest BCUT2D eigenvalue weighted by atomic mass is 15.2. The number of nitrogen functional groups attached to an aromatic ring is 1. The molecule has 0 aliphatic carbocycles. The zero-order chi connectivity index (χ0) is 14.2. The van der Waals surface area contributed by atoms with Crippen LogP contribution in [0.25, 0.3) is 11.2 Å². The molecule has 3 heterocycles. The van der Waals surface area contributed by atoms with Crippen molar-refractivity contribution >= 4 is 22.7 Å². The summed E-state index contributed by atoms with van der Waals surface area (Å²) in [5.41, 5.74) is 10.9. The minimum absolute atomic E-state index is 0.688. The molecule has 104 valence electrons. The lowest BCUT2D eigenvalue weighted by Gasteiger charge is -2.30. The molecule has 0 amide bonds. The van der Waals surface area contributed by atoms with Crippen LogP contribution in [-0.4, -0.2) is 21.5 Å². The van der Waals surface area contributed by atoms with Crippen LogP contribution in [0, 0.1) is 0 Å². The van der Waals surface area contributed by atoms with Gasteiger partial charge in [0.15, 0.2) is 5.65 Å². The SMILES string of the molecule is Nc1ccc2c(c1)CN(c1ccc3nccnc3n1)CC2. The highest BCUT2D eigenvalue weighted by Crippen LogP contribution is 2.25. The van der Waals surface area contributed by atoms with Crippen LogP contribution >= 0.6 is 0 Å². The van der Waals surface area contributed by atoms with Gasteiger partial charge < -0.3 is 10.6 Å². The average Bonchev–Trinajstić information content (AvgIpc) is 2.53. The molecule has 21 heavy (non-hydrogen) atoms. The molecule has 5 heteroatoms. The second kappa shape index (κ2) is 4.70. The summed E-state index contributed by atoms with van der Waals surface area (Å²) >= 11 is 0. The Morgan fingerprint density at radius 1 is 1.00 bits per heavy atom. The lowest BCUT2D eigenvalue weighted by molar-refractivity contribution is 0.722. The summed E-state index contributed by atoms with van der Waals surface area (Å²) in [4.78, 5) is 15.4. The number of hydrogen-bond donors (Lipinski definition) is 1. The fraction of sp³-hybridized carbons (Fsp3) is 0.188. The predicted octanol–water partition coefficient (Wildman–Crippen LogP) is 2.17. The van der Waals surface area contributed by atoms with Crippen molar-refractivity contribution in [2.45, 2.75) is 13.0 Å². The maximum absolute atomic E-state index is 5.89. The van der Waals surface area contributed by atoms with Crippen LogP contribution in [0.2, 0.25) is 0 Å². The van der Waals surface area contributed by atoms with Crippen LogP contribution < -0.4 is 10.6 Å². The third kappa shape index (κ3) is 2.16. The second-order valence-electron chi connectivity index (χ2n) is 5.27. The van der Waals surface area contributed by atoms with E-state index in [1.807, 2.05) is 18.2 Å². The first-order valence-electron chi connectivity index (χ1n) is 6.99. The van der Waals surface area contributed by atoms with E-state index in [0.717, 1.165) is 36.5 Å². The standard InChI is InChI=1S/C16H15N5/c17-13-2-1-11-5-8-21(10-12(11)9-13)15-4-3-14-16(20-15)19-7-6-18-14/h1-4,6-7,9H,5,8,10,17H2. The Morgan fingerprint density at radius 3 is 2.86 bits per heavy atom. The monoisotopic (exact) mass is 277 g/mol. The molecule has 0 fully saturated rings. The third-order valence-electron chi connectivity index (χ3n) is 3.88. The van der Waals surface area contributed by atoms with Crippen molar-refractivity contribution in [2.75, 3.05) is 17.2 Å². The van der Waals surface area contributed by atoms with Gasteiger partial charge in [-0.15, -0.1) is 0 Å². The largest absolute Gasteiger partial charge is 0.399 e. The molecule has 0 spiro atoms. The van der Waals surface area contributed by atoms with Crippen molar-refractivity contribution in [3.63, 3.8) is 0 Å². The molecular formula is C16H15N5. The summed E-state index contributed by atoms with van der Waals surface area (Å²) < 4.78 is 0. The molecule has 0 atom stereocenters. The van der Waals surface area contributed by atoms with Crippen LogP contribution in [0.15, 0.2) is 42.7 Å². The van der Waals surface area contributed by atoms with Gasteiger partial charge in [-0.05, 0) is 41.8 Å². The average molecular weight is 277 g/mol. The summed E-state index contributed by atoms with van der Waals surface area (Å²) in [6.45, 7) is 1.79. The van der Waals surface area contributed by atoms with Gasteiger partial charge in [0, 0.05) is 31.2 Å². The van der Waals surface area contributed by atoms with Crippen molar-refractivity contribution in [1.29, 1.82) is 0 Å². The topological polar surface area (TPSA) is 67.9 Å². The summed E-state index contributed by atoms with van der Waals surface area (Å²) in [6.07, 6.45) is 4.37. The number of aromatic nitrogens is 3. The highest BCUT2D eigenvalue weighted by Gasteiger charge is 2.18. The van der Waals surface area contributed by atoms with Crippen molar-refractivity contribution < 1.29 is 0 Å². The molecule has 0 saturated heterocycles. The van der Waals surface area contributed by atoms with Gasteiger partial charge in [-0.2, -0.15) is 0 Å². The summed E-state index contributed by atoms with van der Waals surface area (Å²) in [5, 5.41) is 0. The van der Waals surface area contributed by atoms with Gasteiger partial charge in [0.2, 0.25) is 0 Å². The smallest absolute Gasteiger partial charge is 0.180 e. The molecule has 0 saturated carbocycles. The fourth-order valence-electron chi connectivity index (χ4n) is 2.79. The number of fused-ring (bicyclic) bond motifs is 2. The van der Waals surface area contributed by atoms with Crippen LogP contribution in [0.1, 0.15) is 11.1 Å². The highest BCUT2D eigenvalue weighted by molar-refractivity contribution is 5.71. The van der Waals surface area contributed by atoms with E-state index in [4.69, 9.17) is 5.73 Å². The minimum Gasteiger partial charge on any atom is -0.399 e. The number of rotatable bonds is 1. The summed E-state index contributed by atoms with van der Waals surface area (Å²) in [7, 11) is 0. The van der Waals surface area contributed by atoms with Gasteiger partial charge in [0.1, 0.15) is 11.3 Å². The lowest BCUT2D eigenvalue weighted by atomic mass is 9.99. The molecule has 1 aliphatic rings. The molecule has 2 aromatic heterocycles.